The van der Waals surface area contributed by atoms with Crippen molar-refractivity contribution < 1.29 is 18.9 Å². The van der Waals surface area contributed by atoms with Gasteiger partial charge in [0.1, 0.15) is 4.92 Å². The second-order valence-electron chi connectivity index (χ2n) is 6.57. The Morgan fingerprint density at radius 1 is 0.935 bits per heavy atom. The van der Waals surface area contributed by atoms with Gasteiger partial charge >= 0.3 is 5.88 Å². The summed E-state index contributed by atoms with van der Waals surface area (Å²) in [6.45, 7) is 5.92. The van der Waals surface area contributed by atoms with Crippen LogP contribution in [-0.2, 0) is 0 Å². The van der Waals surface area contributed by atoms with Gasteiger partial charge in [0.05, 0.1) is 17.3 Å². The molecule has 0 spiro atoms. The molecule has 0 saturated carbocycles. The van der Waals surface area contributed by atoms with E-state index in [0.717, 1.165) is 24.8 Å². The van der Waals surface area contributed by atoms with Crippen molar-refractivity contribution in [2.45, 2.75) is 13.8 Å². The highest BCUT2D eigenvalue weighted by atomic mass is 16.6. The van der Waals surface area contributed by atoms with Crippen molar-refractivity contribution in [2.75, 3.05) is 28.6 Å². The van der Waals surface area contributed by atoms with Crippen molar-refractivity contribution in [3.05, 3.63) is 82.1 Å². The predicted octanol–water partition coefficient (Wildman–Crippen LogP) is 4.54. The number of para-hydroxylation sites is 1. The summed E-state index contributed by atoms with van der Waals surface area (Å²) in [4.78, 5) is 37.4. The summed E-state index contributed by atoms with van der Waals surface area (Å²) in [6, 6.07) is 16.3. The Hall–Kier alpha value is -4.14. The van der Waals surface area contributed by atoms with Gasteiger partial charge in [0.15, 0.2) is 5.76 Å². The predicted molar refractivity (Wildman–Crippen MR) is 118 cm³/mol. The van der Waals surface area contributed by atoms with E-state index in [9.17, 15) is 19.7 Å². The number of amides is 2. The molecule has 2 amide bonds. The third-order valence-corrected chi connectivity index (χ3v) is 4.67. The standard InChI is InChI=1S/C22H22N4O5/c1-3-25(4-2)16-11-9-15(10-12-16)23-21(27)17-7-5-6-8-18(17)24-22(28)19-13-14-20(31-19)26(29)30/h5-14H,3-4H2,1-2H3,(H,23,27)(H,24,28). The van der Waals surface area contributed by atoms with Gasteiger partial charge in [-0.1, -0.05) is 12.1 Å². The van der Waals surface area contributed by atoms with E-state index in [4.69, 9.17) is 4.42 Å². The minimum atomic E-state index is -0.732. The summed E-state index contributed by atoms with van der Waals surface area (Å²) in [5, 5.41) is 16.1. The van der Waals surface area contributed by atoms with Crippen LogP contribution in [0.15, 0.2) is 65.1 Å². The van der Waals surface area contributed by atoms with Crippen molar-refractivity contribution in [2.24, 2.45) is 0 Å². The second-order valence-corrected chi connectivity index (χ2v) is 6.57. The van der Waals surface area contributed by atoms with E-state index in [1.807, 2.05) is 24.3 Å². The van der Waals surface area contributed by atoms with Crippen LogP contribution < -0.4 is 15.5 Å². The highest BCUT2D eigenvalue weighted by molar-refractivity contribution is 6.12. The smallest absolute Gasteiger partial charge is 0.395 e. The zero-order valence-corrected chi connectivity index (χ0v) is 17.1. The molecular formula is C22H22N4O5. The van der Waals surface area contributed by atoms with Gasteiger partial charge < -0.3 is 20.0 Å². The molecule has 2 aromatic carbocycles. The molecule has 0 atom stereocenters. The molecule has 9 heteroatoms. The number of carbonyl (C=O) groups excluding carboxylic acids is 2. The van der Waals surface area contributed by atoms with Crippen LogP contribution in [0, 0.1) is 10.1 Å². The van der Waals surface area contributed by atoms with E-state index in [1.165, 1.54) is 6.07 Å². The van der Waals surface area contributed by atoms with Crippen LogP contribution in [-0.4, -0.2) is 29.8 Å². The highest BCUT2D eigenvalue weighted by Gasteiger charge is 2.19. The van der Waals surface area contributed by atoms with Crippen LogP contribution in [0.5, 0.6) is 0 Å². The van der Waals surface area contributed by atoms with Crippen molar-refractivity contribution in [1.29, 1.82) is 0 Å². The van der Waals surface area contributed by atoms with E-state index >= 15 is 0 Å². The molecule has 3 aromatic rings. The summed E-state index contributed by atoms with van der Waals surface area (Å²) in [5.74, 6) is -1.87. The molecule has 0 saturated heterocycles. The molecule has 31 heavy (non-hydrogen) atoms. The van der Waals surface area contributed by atoms with Gasteiger partial charge in [-0.05, 0) is 56.3 Å². The molecule has 0 fully saturated rings. The maximum atomic E-state index is 12.8. The minimum absolute atomic E-state index is 0.228. The largest absolute Gasteiger partial charge is 0.433 e. The van der Waals surface area contributed by atoms with E-state index in [-0.39, 0.29) is 17.0 Å². The fourth-order valence-corrected chi connectivity index (χ4v) is 3.06. The molecule has 3 rings (SSSR count). The summed E-state index contributed by atoms with van der Waals surface area (Å²) >= 11 is 0. The van der Waals surface area contributed by atoms with Crippen LogP contribution in [0.1, 0.15) is 34.8 Å². The molecular weight excluding hydrogens is 400 g/mol. The summed E-state index contributed by atoms with van der Waals surface area (Å²) in [7, 11) is 0. The average Bonchev–Trinajstić information content (AvgIpc) is 3.27. The quantitative estimate of drug-likeness (QED) is 0.406. The van der Waals surface area contributed by atoms with Crippen molar-refractivity contribution in [3.8, 4) is 0 Å². The number of nitro groups is 1. The Kier molecular flexibility index (Phi) is 6.66. The Labute approximate surface area is 178 Å². The number of rotatable bonds is 8. The zero-order chi connectivity index (χ0) is 22.4. The topological polar surface area (TPSA) is 118 Å². The molecule has 0 aliphatic heterocycles. The first-order chi connectivity index (χ1) is 14.9. The van der Waals surface area contributed by atoms with Gasteiger partial charge in [-0.2, -0.15) is 0 Å². The lowest BCUT2D eigenvalue weighted by molar-refractivity contribution is -0.402. The molecule has 9 nitrogen and oxygen atoms in total. The molecule has 2 N–H and O–H groups in total. The Morgan fingerprint density at radius 2 is 1.61 bits per heavy atom. The molecule has 1 heterocycles. The summed E-state index contributed by atoms with van der Waals surface area (Å²) in [5.41, 5.74) is 2.17. The van der Waals surface area contributed by atoms with E-state index in [1.54, 1.807) is 24.3 Å². The first-order valence-corrected chi connectivity index (χ1v) is 9.73. The van der Waals surface area contributed by atoms with Gasteiger partial charge in [0.25, 0.3) is 11.8 Å². The first kappa shape index (κ1) is 21.6. The fraction of sp³-hybridized carbons (Fsp3) is 0.182. The number of benzene rings is 2. The summed E-state index contributed by atoms with van der Waals surface area (Å²) in [6.07, 6.45) is 0. The van der Waals surface area contributed by atoms with Gasteiger partial charge in [0, 0.05) is 24.5 Å². The number of hydrogen-bond acceptors (Lipinski definition) is 6. The molecule has 1 aromatic heterocycles. The maximum absolute atomic E-state index is 12.8. The third-order valence-electron chi connectivity index (χ3n) is 4.67. The van der Waals surface area contributed by atoms with Crippen LogP contribution >= 0.6 is 0 Å². The minimum Gasteiger partial charge on any atom is -0.395 e. The fourth-order valence-electron chi connectivity index (χ4n) is 3.06. The number of nitrogens with zero attached hydrogens (tertiary/aromatic N) is 2. The molecule has 0 unspecified atom stereocenters. The van der Waals surface area contributed by atoms with E-state index < -0.39 is 22.6 Å². The second kappa shape index (κ2) is 9.57. The highest BCUT2D eigenvalue weighted by Crippen LogP contribution is 2.22. The number of hydrogen-bond donors (Lipinski definition) is 2. The van der Waals surface area contributed by atoms with E-state index in [0.29, 0.717) is 5.69 Å². The number of furan rings is 1. The lowest BCUT2D eigenvalue weighted by atomic mass is 10.1. The number of nitrogens with one attached hydrogen (secondary N) is 2. The van der Waals surface area contributed by atoms with Crippen LogP contribution in [0.2, 0.25) is 0 Å². The Balaban J connectivity index is 1.74. The van der Waals surface area contributed by atoms with Gasteiger partial charge in [0.2, 0.25) is 0 Å². The number of carbonyl (C=O) groups is 2. The third kappa shape index (κ3) is 5.08. The zero-order valence-electron chi connectivity index (χ0n) is 17.1. The van der Waals surface area contributed by atoms with Gasteiger partial charge in [-0.3, -0.25) is 19.7 Å². The van der Waals surface area contributed by atoms with Crippen LogP contribution in [0.25, 0.3) is 0 Å². The lowest BCUT2D eigenvalue weighted by Gasteiger charge is -2.21. The molecule has 0 aliphatic carbocycles. The van der Waals surface area contributed by atoms with Crippen LogP contribution in [0.4, 0.5) is 22.9 Å². The SMILES string of the molecule is CCN(CC)c1ccc(NC(=O)c2ccccc2NC(=O)c2ccc([N+](=O)[O-])o2)cc1. The Bertz CT molecular complexity index is 1090. The monoisotopic (exact) mass is 422 g/mol. The van der Waals surface area contributed by atoms with Gasteiger partial charge in [-0.15, -0.1) is 0 Å². The average molecular weight is 422 g/mol. The number of anilines is 3. The van der Waals surface area contributed by atoms with Crippen LogP contribution in [0.3, 0.4) is 0 Å². The molecule has 0 bridgehead atoms. The van der Waals surface area contributed by atoms with Crippen molar-refractivity contribution in [1.82, 2.24) is 0 Å². The maximum Gasteiger partial charge on any atom is 0.433 e. The normalized spacial score (nSPS) is 10.4. The molecule has 160 valence electrons. The molecule has 0 radical (unpaired) electrons. The van der Waals surface area contributed by atoms with E-state index in [2.05, 4.69) is 29.4 Å². The van der Waals surface area contributed by atoms with Crippen molar-refractivity contribution >= 4 is 34.8 Å². The van der Waals surface area contributed by atoms with Gasteiger partial charge in [-0.25, -0.2) is 0 Å². The van der Waals surface area contributed by atoms with Crippen molar-refractivity contribution in [3.63, 3.8) is 0 Å². The summed E-state index contributed by atoms with van der Waals surface area (Å²) < 4.78 is 4.91. The molecule has 0 aliphatic rings. The Morgan fingerprint density at radius 3 is 2.23 bits per heavy atom. The first-order valence-electron chi connectivity index (χ1n) is 9.73. The lowest BCUT2D eigenvalue weighted by Crippen LogP contribution is -2.21.